The van der Waals surface area contributed by atoms with Crippen LogP contribution >= 0.6 is 11.6 Å². The molecule has 116 valence electrons. The van der Waals surface area contributed by atoms with Crippen molar-refractivity contribution in [3.63, 3.8) is 0 Å². The molecule has 0 bridgehead atoms. The van der Waals surface area contributed by atoms with Crippen LogP contribution in [0.4, 0.5) is 0 Å². The summed E-state index contributed by atoms with van der Waals surface area (Å²) in [6, 6.07) is 14.9. The number of aromatic nitrogens is 2. The topological polar surface area (TPSA) is 44.2 Å². The zero-order valence-corrected chi connectivity index (χ0v) is 13.5. The highest BCUT2D eigenvalue weighted by Crippen LogP contribution is 2.33. The number of hydrogen-bond acceptors (Lipinski definition) is 4. The minimum absolute atomic E-state index is 0.380. The molecule has 0 saturated carbocycles. The van der Waals surface area contributed by atoms with Crippen molar-refractivity contribution in [1.82, 2.24) is 9.97 Å². The predicted molar refractivity (Wildman–Crippen MR) is 90.3 cm³/mol. The van der Waals surface area contributed by atoms with Gasteiger partial charge in [0.1, 0.15) is 22.3 Å². The summed E-state index contributed by atoms with van der Waals surface area (Å²) in [6.45, 7) is 1.94. The van der Waals surface area contributed by atoms with Crippen LogP contribution in [0.25, 0.3) is 11.3 Å². The molecule has 5 heteroatoms. The molecular formula is C18H15ClN2O2. The lowest BCUT2D eigenvalue weighted by Crippen LogP contribution is -1.94. The lowest BCUT2D eigenvalue weighted by Gasteiger charge is -2.12. The fraction of sp³-hybridized carbons (Fsp3) is 0.111. The number of aryl methyl sites for hydroxylation is 1. The molecule has 0 spiro atoms. The molecular weight excluding hydrogens is 312 g/mol. The first kappa shape index (κ1) is 15.3. The smallest absolute Gasteiger partial charge is 0.153 e. The molecule has 0 aliphatic carbocycles. The SMILES string of the molecule is COc1cccc(-c2nc(C)ccc2Oc2ccnc(Cl)c2)c1. The van der Waals surface area contributed by atoms with Crippen LogP contribution in [0.5, 0.6) is 17.2 Å². The first-order chi connectivity index (χ1) is 11.2. The fourth-order valence-electron chi connectivity index (χ4n) is 2.18. The van der Waals surface area contributed by atoms with Crippen LogP contribution in [0.2, 0.25) is 5.15 Å². The number of rotatable bonds is 4. The lowest BCUT2D eigenvalue weighted by atomic mass is 10.1. The summed E-state index contributed by atoms with van der Waals surface area (Å²) in [6.07, 6.45) is 1.60. The Bertz CT molecular complexity index is 837. The van der Waals surface area contributed by atoms with Crippen molar-refractivity contribution in [3.05, 3.63) is 65.6 Å². The van der Waals surface area contributed by atoms with E-state index in [0.29, 0.717) is 16.7 Å². The van der Waals surface area contributed by atoms with Gasteiger partial charge >= 0.3 is 0 Å². The number of nitrogens with zero attached hydrogens (tertiary/aromatic N) is 2. The summed E-state index contributed by atoms with van der Waals surface area (Å²) in [7, 11) is 1.64. The number of benzene rings is 1. The summed E-state index contributed by atoms with van der Waals surface area (Å²) >= 11 is 5.91. The zero-order valence-electron chi connectivity index (χ0n) is 12.8. The molecule has 3 rings (SSSR count). The van der Waals surface area contributed by atoms with Gasteiger partial charge in [-0.1, -0.05) is 23.7 Å². The molecule has 23 heavy (non-hydrogen) atoms. The summed E-state index contributed by atoms with van der Waals surface area (Å²) in [5, 5.41) is 0.380. The highest BCUT2D eigenvalue weighted by atomic mass is 35.5. The maximum Gasteiger partial charge on any atom is 0.153 e. The summed E-state index contributed by atoms with van der Waals surface area (Å²) in [5.74, 6) is 2.02. The van der Waals surface area contributed by atoms with Gasteiger partial charge in [-0.15, -0.1) is 0 Å². The Hall–Kier alpha value is -2.59. The molecule has 3 aromatic rings. The molecule has 0 aliphatic heterocycles. The van der Waals surface area contributed by atoms with E-state index in [1.807, 2.05) is 43.3 Å². The fourth-order valence-corrected chi connectivity index (χ4v) is 2.34. The van der Waals surface area contributed by atoms with Crippen molar-refractivity contribution in [1.29, 1.82) is 0 Å². The molecule has 0 aliphatic rings. The van der Waals surface area contributed by atoms with Crippen molar-refractivity contribution in [2.45, 2.75) is 6.92 Å². The minimum atomic E-state index is 0.380. The van der Waals surface area contributed by atoms with E-state index in [0.717, 1.165) is 22.7 Å². The number of methoxy groups -OCH3 is 1. The van der Waals surface area contributed by atoms with Gasteiger partial charge in [0.25, 0.3) is 0 Å². The van der Waals surface area contributed by atoms with Crippen LogP contribution in [0.1, 0.15) is 5.69 Å². The molecule has 2 aromatic heterocycles. The maximum atomic E-state index is 5.95. The van der Waals surface area contributed by atoms with Crippen LogP contribution in [0.15, 0.2) is 54.7 Å². The van der Waals surface area contributed by atoms with Gasteiger partial charge in [0, 0.05) is 23.5 Å². The van der Waals surface area contributed by atoms with Gasteiger partial charge in [0.15, 0.2) is 5.75 Å². The Morgan fingerprint density at radius 3 is 2.65 bits per heavy atom. The second-order valence-corrected chi connectivity index (χ2v) is 5.33. The summed E-state index contributed by atoms with van der Waals surface area (Å²) < 4.78 is 11.2. The minimum Gasteiger partial charge on any atom is -0.497 e. The quantitative estimate of drug-likeness (QED) is 0.639. The monoisotopic (exact) mass is 326 g/mol. The Labute approximate surface area is 139 Å². The molecule has 0 atom stereocenters. The average Bonchev–Trinajstić information content (AvgIpc) is 2.56. The lowest BCUT2D eigenvalue weighted by molar-refractivity contribution is 0.415. The van der Waals surface area contributed by atoms with E-state index in [1.165, 1.54) is 0 Å². The molecule has 0 N–H and O–H groups in total. The van der Waals surface area contributed by atoms with Gasteiger partial charge in [-0.2, -0.15) is 0 Å². The number of pyridine rings is 2. The van der Waals surface area contributed by atoms with Gasteiger partial charge in [-0.25, -0.2) is 9.97 Å². The normalized spacial score (nSPS) is 10.4. The van der Waals surface area contributed by atoms with E-state index in [2.05, 4.69) is 9.97 Å². The molecule has 0 saturated heterocycles. The van der Waals surface area contributed by atoms with Gasteiger partial charge in [-0.05, 0) is 37.3 Å². The average molecular weight is 327 g/mol. The maximum absolute atomic E-state index is 5.95. The van der Waals surface area contributed by atoms with Crippen molar-refractivity contribution in [3.8, 4) is 28.5 Å². The summed E-state index contributed by atoms with van der Waals surface area (Å²) in [5.41, 5.74) is 2.57. The van der Waals surface area contributed by atoms with Crippen LogP contribution in [-0.2, 0) is 0 Å². The van der Waals surface area contributed by atoms with E-state index in [4.69, 9.17) is 21.1 Å². The van der Waals surface area contributed by atoms with E-state index < -0.39 is 0 Å². The van der Waals surface area contributed by atoms with Gasteiger partial charge < -0.3 is 9.47 Å². The zero-order chi connectivity index (χ0) is 16.2. The molecule has 0 radical (unpaired) electrons. The molecule has 0 fully saturated rings. The van der Waals surface area contributed by atoms with Crippen LogP contribution in [0, 0.1) is 6.92 Å². The predicted octanol–water partition coefficient (Wildman–Crippen LogP) is 4.91. The van der Waals surface area contributed by atoms with Gasteiger partial charge in [0.2, 0.25) is 0 Å². The second-order valence-electron chi connectivity index (χ2n) is 4.95. The van der Waals surface area contributed by atoms with Crippen LogP contribution in [-0.4, -0.2) is 17.1 Å². The van der Waals surface area contributed by atoms with Gasteiger partial charge in [-0.3, -0.25) is 0 Å². The highest BCUT2D eigenvalue weighted by Gasteiger charge is 2.11. The Kier molecular flexibility index (Phi) is 4.44. The Morgan fingerprint density at radius 2 is 1.87 bits per heavy atom. The first-order valence-corrected chi connectivity index (χ1v) is 7.45. The number of ether oxygens (including phenoxy) is 2. The molecule has 4 nitrogen and oxygen atoms in total. The third kappa shape index (κ3) is 3.60. The molecule has 0 unspecified atom stereocenters. The second kappa shape index (κ2) is 6.67. The first-order valence-electron chi connectivity index (χ1n) is 7.07. The van der Waals surface area contributed by atoms with E-state index >= 15 is 0 Å². The van der Waals surface area contributed by atoms with E-state index in [-0.39, 0.29) is 0 Å². The molecule has 1 aromatic carbocycles. The van der Waals surface area contributed by atoms with Crippen molar-refractivity contribution >= 4 is 11.6 Å². The van der Waals surface area contributed by atoms with Crippen LogP contribution < -0.4 is 9.47 Å². The largest absolute Gasteiger partial charge is 0.497 e. The standard InChI is InChI=1S/C18H15ClN2O2/c1-12-6-7-16(23-15-8-9-20-17(19)11-15)18(21-12)13-4-3-5-14(10-13)22-2/h3-11H,1-2H3. The highest BCUT2D eigenvalue weighted by molar-refractivity contribution is 6.29. The molecule has 0 amide bonds. The Morgan fingerprint density at radius 1 is 1.00 bits per heavy atom. The Balaban J connectivity index is 2.04. The van der Waals surface area contributed by atoms with Gasteiger partial charge in [0.05, 0.1) is 7.11 Å². The van der Waals surface area contributed by atoms with Crippen LogP contribution in [0.3, 0.4) is 0 Å². The van der Waals surface area contributed by atoms with Crippen molar-refractivity contribution in [2.24, 2.45) is 0 Å². The number of halogens is 1. The summed E-state index contributed by atoms with van der Waals surface area (Å²) in [4.78, 5) is 8.56. The van der Waals surface area contributed by atoms with Crippen molar-refractivity contribution < 1.29 is 9.47 Å². The third-order valence-corrected chi connectivity index (χ3v) is 3.47. The third-order valence-electron chi connectivity index (χ3n) is 3.27. The molecule has 2 heterocycles. The van der Waals surface area contributed by atoms with E-state index in [1.54, 1.807) is 25.4 Å². The number of hydrogen-bond donors (Lipinski definition) is 0. The van der Waals surface area contributed by atoms with E-state index in [9.17, 15) is 0 Å². The van der Waals surface area contributed by atoms with Crippen molar-refractivity contribution in [2.75, 3.05) is 7.11 Å².